The Morgan fingerprint density at radius 3 is 2.41 bits per heavy atom. The topological polar surface area (TPSA) is 69.9 Å². The lowest BCUT2D eigenvalue weighted by atomic mass is 10.1. The first-order chi connectivity index (χ1) is 13.0. The van der Waals surface area contributed by atoms with E-state index < -0.39 is 0 Å². The summed E-state index contributed by atoms with van der Waals surface area (Å²) < 4.78 is 0. The summed E-state index contributed by atoms with van der Waals surface area (Å²) in [7, 11) is 0. The lowest BCUT2D eigenvalue weighted by molar-refractivity contribution is -0.116. The molecule has 1 aliphatic rings. The molecule has 1 amide bonds. The van der Waals surface area contributed by atoms with Gasteiger partial charge in [-0.3, -0.25) is 9.69 Å². The standard InChI is InChI=1S/C22H20N4O/c1-13-8-10-16(11-9-13)21-24-20(15(3)23)17-12-19(27)26(22(17)25-21)18-7-5-4-6-14(18)2/h4-11,23H,12H2,1-3H3. The molecule has 27 heavy (non-hydrogen) atoms. The van der Waals surface area contributed by atoms with Gasteiger partial charge in [0.15, 0.2) is 5.82 Å². The Bertz CT molecular complexity index is 1070. The number of hydrogen-bond acceptors (Lipinski definition) is 4. The van der Waals surface area contributed by atoms with Gasteiger partial charge in [-0.25, -0.2) is 9.97 Å². The number of para-hydroxylation sites is 1. The van der Waals surface area contributed by atoms with E-state index in [0.29, 0.717) is 23.0 Å². The Labute approximate surface area is 158 Å². The molecule has 3 aromatic rings. The van der Waals surface area contributed by atoms with E-state index in [1.54, 1.807) is 11.8 Å². The molecule has 1 aromatic heterocycles. The average molecular weight is 356 g/mol. The minimum absolute atomic E-state index is 0.0443. The van der Waals surface area contributed by atoms with Crippen LogP contribution in [0.4, 0.5) is 11.5 Å². The number of nitrogens with zero attached hydrogens (tertiary/aromatic N) is 3. The van der Waals surface area contributed by atoms with Crippen LogP contribution >= 0.6 is 0 Å². The van der Waals surface area contributed by atoms with E-state index in [4.69, 9.17) is 10.4 Å². The Balaban J connectivity index is 1.94. The molecule has 0 unspecified atom stereocenters. The highest BCUT2D eigenvalue weighted by Crippen LogP contribution is 2.38. The molecule has 0 spiro atoms. The zero-order valence-electron chi connectivity index (χ0n) is 15.6. The van der Waals surface area contributed by atoms with Crippen molar-refractivity contribution in [3.63, 3.8) is 0 Å². The van der Waals surface area contributed by atoms with Crippen LogP contribution in [0.1, 0.15) is 29.3 Å². The molecule has 0 fully saturated rings. The van der Waals surface area contributed by atoms with Gasteiger partial charge in [-0.1, -0.05) is 48.0 Å². The number of fused-ring (bicyclic) bond motifs is 1. The SMILES string of the molecule is CC(=N)c1nc(-c2ccc(C)cc2)nc2c1CC(=O)N2c1ccccc1C. The lowest BCUT2D eigenvalue weighted by Gasteiger charge is -2.19. The van der Waals surface area contributed by atoms with E-state index >= 15 is 0 Å². The monoisotopic (exact) mass is 356 g/mol. The van der Waals surface area contributed by atoms with Gasteiger partial charge in [0.25, 0.3) is 0 Å². The molecular weight excluding hydrogens is 336 g/mol. The van der Waals surface area contributed by atoms with E-state index in [1.807, 2.05) is 62.4 Å². The fraction of sp³-hybridized carbons (Fsp3) is 0.182. The van der Waals surface area contributed by atoms with Crippen LogP contribution in [0.5, 0.6) is 0 Å². The third-order valence-corrected chi connectivity index (χ3v) is 4.80. The highest BCUT2D eigenvalue weighted by molar-refractivity contribution is 6.10. The van der Waals surface area contributed by atoms with Gasteiger partial charge >= 0.3 is 0 Å². The molecule has 4 rings (SSSR count). The van der Waals surface area contributed by atoms with Crippen molar-refractivity contribution in [2.45, 2.75) is 27.2 Å². The maximum absolute atomic E-state index is 12.8. The van der Waals surface area contributed by atoms with Gasteiger partial charge in [-0.05, 0) is 32.4 Å². The Kier molecular flexibility index (Phi) is 4.07. The molecule has 0 atom stereocenters. The van der Waals surface area contributed by atoms with Crippen molar-refractivity contribution in [3.8, 4) is 11.4 Å². The summed E-state index contributed by atoms with van der Waals surface area (Å²) in [5, 5.41) is 8.16. The van der Waals surface area contributed by atoms with Crippen LogP contribution in [0.15, 0.2) is 48.5 Å². The van der Waals surface area contributed by atoms with Crippen molar-refractivity contribution >= 4 is 23.1 Å². The number of carbonyl (C=O) groups excluding carboxylic acids is 1. The second-order valence-corrected chi connectivity index (χ2v) is 6.88. The third-order valence-electron chi connectivity index (χ3n) is 4.80. The van der Waals surface area contributed by atoms with Gasteiger partial charge in [-0.15, -0.1) is 0 Å². The van der Waals surface area contributed by atoms with Crippen LogP contribution < -0.4 is 4.90 Å². The molecule has 5 heteroatoms. The van der Waals surface area contributed by atoms with Gasteiger partial charge in [0.2, 0.25) is 5.91 Å². The number of rotatable bonds is 3. The summed E-state index contributed by atoms with van der Waals surface area (Å²) in [5.41, 5.74) is 5.45. The number of carbonyl (C=O) groups is 1. The van der Waals surface area contributed by atoms with Crippen molar-refractivity contribution in [1.29, 1.82) is 5.41 Å². The molecule has 0 saturated heterocycles. The minimum Gasteiger partial charge on any atom is -0.303 e. The zero-order valence-corrected chi connectivity index (χ0v) is 15.6. The quantitative estimate of drug-likeness (QED) is 0.709. The summed E-state index contributed by atoms with van der Waals surface area (Å²) in [6.07, 6.45) is 0.212. The highest BCUT2D eigenvalue weighted by atomic mass is 16.2. The summed E-state index contributed by atoms with van der Waals surface area (Å²) in [6.45, 7) is 5.70. The van der Waals surface area contributed by atoms with Crippen molar-refractivity contribution in [2.24, 2.45) is 0 Å². The van der Waals surface area contributed by atoms with Crippen LogP contribution in [-0.4, -0.2) is 21.6 Å². The average Bonchev–Trinajstić information content (AvgIpc) is 2.97. The van der Waals surface area contributed by atoms with Gasteiger partial charge in [0.05, 0.1) is 23.5 Å². The molecule has 2 aromatic carbocycles. The zero-order chi connectivity index (χ0) is 19.1. The number of anilines is 2. The predicted octanol–water partition coefficient (Wildman–Crippen LogP) is 4.37. The van der Waals surface area contributed by atoms with E-state index in [1.165, 1.54) is 0 Å². The number of aryl methyl sites for hydroxylation is 2. The molecular formula is C22H20N4O. The van der Waals surface area contributed by atoms with Gasteiger partial charge < -0.3 is 5.41 Å². The van der Waals surface area contributed by atoms with E-state index in [-0.39, 0.29) is 12.3 Å². The molecule has 0 saturated carbocycles. The van der Waals surface area contributed by atoms with Crippen LogP contribution in [0.2, 0.25) is 0 Å². The molecule has 0 radical (unpaired) electrons. The van der Waals surface area contributed by atoms with E-state index in [9.17, 15) is 4.79 Å². The van der Waals surface area contributed by atoms with Gasteiger partial charge in [-0.2, -0.15) is 0 Å². The van der Waals surface area contributed by atoms with Crippen molar-refractivity contribution in [2.75, 3.05) is 4.90 Å². The lowest BCUT2D eigenvalue weighted by Crippen LogP contribution is -2.22. The summed E-state index contributed by atoms with van der Waals surface area (Å²) in [5.74, 6) is 1.07. The molecule has 5 nitrogen and oxygen atoms in total. The first-order valence-corrected chi connectivity index (χ1v) is 8.88. The molecule has 0 aliphatic carbocycles. The minimum atomic E-state index is -0.0443. The second-order valence-electron chi connectivity index (χ2n) is 6.88. The fourth-order valence-corrected chi connectivity index (χ4v) is 3.37. The summed E-state index contributed by atoms with van der Waals surface area (Å²) in [6, 6.07) is 15.7. The van der Waals surface area contributed by atoms with Crippen LogP contribution in [0.25, 0.3) is 11.4 Å². The van der Waals surface area contributed by atoms with Crippen LogP contribution in [-0.2, 0) is 11.2 Å². The summed E-state index contributed by atoms with van der Waals surface area (Å²) >= 11 is 0. The Hall–Kier alpha value is -3.34. The number of hydrogen-bond donors (Lipinski definition) is 1. The van der Waals surface area contributed by atoms with E-state index in [2.05, 4.69) is 4.98 Å². The predicted molar refractivity (Wildman–Crippen MR) is 107 cm³/mol. The van der Waals surface area contributed by atoms with Crippen LogP contribution in [0.3, 0.4) is 0 Å². The maximum Gasteiger partial charge on any atom is 0.237 e. The molecule has 134 valence electrons. The fourth-order valence-electron chi connectivity index (χ4n) is 3.37. The maximum atomic E-state index is 12.8. The number of benzene rings is 2. The smallest absolute Gasteiger partial charge is 0.237 e. The van der Waals surface area contributed by atoms with Gasteiger partial charge in [0.1, 0.15) is 5.82 Å². The molecule has 1 aliphatic heterocycles. The molecule has 2 heterocycles. The van der Waals surface area contributed by atoms with Gasteiger partial charge in [0, 0.05) is 11.1 Å². The first kappa shape index (κ1) is 17.1. The molecule has 0 bridgehead atoms. The van der Waals surface area contributed by atoms with Crippen molar-refractivity contribution < 1.29 is 4.79 Å². The second kappa shape index (κ2) is 6.43. The van der Waals surface area contributed by atoms with Crippen LogP contribution in [0, 0.1) is 19.3 Å². The van der Waals surface area contributed by atoms with Crippen molar-refractivity contribution in [3.05, 3.63) is 70.9 Å². The third kappa shape index (κ3) is 2.91. The normalized spacial score (nSPS) is 13.0. The number of nitrogens with one attached hydrogen (secondary N) is 1. The molecule has 1 N–H and O–H groups in total. The highest BCUT2D eigenvalue weighted by Gasteiger charge is 2.34. The largest absolute Gasteiger partial charge is 0.303 e. The summed E-state index contributed by atoms with van der Waals surface area (Å²) in [4.78, 5) is 23.9. The first-order valence-electron chi connectivity index (χ1n) is 8.88. The Morgan fingerprint density at radius 1 is 1.04 bits per heavy atom. The van der Waals surface area contributed by atoms with Crippen molar-refractivity contribution in [1.82, 2.24) is 9.97 Å². The number of amides is 1. The number of aromatic nitrogens is 2. The Morgan fingerprint density at radius 2 is 1.74 bits per heavy atom. The van der Waals surface area contributed by atoms with E-state index in [0.717, 1.165) is 27.9 Å².